The van der Waals surface area contributed by atoms with Crippen LogP contribution in [0.5, 0.6) is 5.75 Å². The van der Waals surface area contributed by atoms with Gasteiger partial charge in [-0.05, 0) is 88.0 Å². The molecule has 9 nitrogen and oxygen atoms in total. The number of carbonyl (C=O) groups is 1. The van der Waals surface area contributed by atoms with Gasteiger partial charge in [0.1, 0.15) is 5.75 Å². The van der Waals surface area contributed by atoms with Crippen molar-refractivity contribution in [2.45, 2.75) is 63.7 Å². The molecule has 2 N–H and O–H groups in total. The largest absolute Gasteiger partial charge is 0.489 e. The number of benzene rings is 1. The Morgan fingerprint density at radius 2 is 1.70 bits per heavy atom. The predicted octanol–water partition coefficient (Wildman–Crippen LogP) is 4.93. The number of amides is 2. The number of aliphatic hydroxyl groups is 1. The molecule has 3 heterocycles. The van der Waals surface area contributed by atoms with Gasteiger partial charge in [-0.2, -0.15) is 0 Å². The molecule has 0 saturated heterocycles. The first kappa shape index (κ1) is 25.3. The van der Waals surface area contributed by atoms with Crippen molar-refractivity contribution in [3.63, 3.8) is 0 Å². The molecule has 2 aromatic heterocycles. The Balaban J connectivity index is 1.07. The monoisotopic (exact) mass is 540 g/mol. The van der Waals surface area contributed by atoms with Gasteiger partial charge in [-0.1, -0.05) is 12.1 Å². The summed E-state index contributed by atoms with van der Waals surface area (Å²) in [6.45, 7) is 5.09. The summed E-state index contributed by atoms with van der Waals surface area (Å²) < 4.78 is 5.69. The van der Waals surface area contributed by atoms with Crippen molar-refractivity contribution in [2.75, 3.05) is 22.9 Å². The van der Waals surface area contributed by atoms with Crippen LogP contribution in [-0.2, 0) is 0 Å². The summed E-state index contributed by atoms with van der Waals surface area (Å²) in [4.78, 5) is 31.4. The number of pyridine rings is 1. The van der Waals surface area contributed by atoms with E-state index >= 15 is 0 Å². The molecule has 4 fully saturated rings. The van der Waals surface area contributed by atoms with Crippen LogP contribution in [-0.4, -0.2) is 56.9 Å². The molecule has 0 spiro atoms. The molecule has 4 aliphatic carbocycles. The minimum Gasteiger partial charge on any atom is -0.489 e. The third kappa shape index (κ3) is 4.56. The van der Waals surface area contributed by atoms with E-state index in [0.29, 0.717) is 36.8 Å². The number of hydrogen-bond acceptors (Lipinski definition) is 7. The number of ether oxygens (including phenoxy) is 1. The molecular formula is C31H36N6O3. The van der Waals surface area contributed by atoms with E-state index in [-0.39, 0.29) is 18.2 Å². The van der Waals surface area contributed by atoms with E-state index in [4.69, 9.17) is 4.74 Å². The zero-order chi connectivity index (χ0) is 27.4. The fraction of sp³-hybridized carbons (Fsp3) is 0.484. The van der Waals surface area contributed by atoms with Crippen LogP contribution in [0.15, 0.2) is 55.0 Å². The lowest BCUT2D eigenvalue weighted by Crippen LogP contribution is -2.63. The number of anilines is 3. The summed E-state index contributed by atoms with van der Waals surface area (Å²) in [5.41, 5.74) is 2.86. The van der Waals surface area contributed by atoms with Crippen LogP contribution in [0, 0.1) is 17.8 Å². The second kappa shape index (κ2) is 9.73. The summed E-state index contributed by atoms with van der Waals surface area (Å²) >= 11 is 0. The van der Waals surface area contributed by atoms with Crippen molar-refractivity contribution < 1.29 is 14.6 Å². The standard InChI is InChI=1S/C31H36N6O3/c1-19(2)40-24-7-8-25(32-18-24)23-16-33-29(34-17-23)36-9-10-37(27-6-4-3-5-26(27)36)30(38)35-28-21-11-20-12-22(28)15-31(39,13-20)14-21/h3-8,16-22,28,39H,9-15H2,1-2H3,(H,35,38). The number of para-hydroxylation sites is 2. The number of hydrogen-bond donors (Lipinski definition) is 2. The topological polar surface area (TPSA) is 104 Å². The summed E-state index contributed by atoms with van der Waals surface area (Å²) in [7, 11) is 0. The first-order valence-electron chi connectivity index (χ1n) is 14.5. The molecule has 9 heteroatoms. The first-order valence-corrected chi connectivity index (χ1v) is 14.5. The number of aromatic nitrogens is 3. The van der Waals surface area contributed by atoms with Gasteiger partial charge in [0.05, 0.1) is 35.0 Å². The normalized spacial score (nSPS) is 28.5. The van der Waals surface area contributed by atoms with Gasteiger partial charge >= 0.3 is 6.03 Å². The van der Waals surface area contributed by atoms with Crippen LogP contribution in [0.4, 0.5) is 22.1 Å². The number of nitrogens with zero attached hydrogens (tertiary/aromatic N) is 5. The number of nitrogens with one attached hydrogen (secondary N) is 1. The van der Waals surface area contributed by atoms with E-state index in [0.717, 1.165) is 60.5 Å². The number of carbonyl (C=O) groups excluding carboxylic acids is 1. The molecule has 2 unspecified atom stereocenters. The number of rotatable bonds is 5. The van der Waals surface area contributed by atoms with Gasteiger partial charge in [0, 0.05) is 37.1 Å². The Morgan fingerprint density at radius 3 is 2.35 bits per heavy atom. The SMILES string of the molecule is CC(C)Oc1ccc(-c2cnc(N3CCN(C(=O)NC4C5CC6CC4CC(O)(C6)C5)c4ccccc43)nc2)nc1. The quantitative estimate of drug-likeness (QED) is 0.473. The van der Waals surface area contributed by atoms with Crippen LogP contribution in [0.1, 0.15) is 46.0 Å². The molecule has 5 aliphatic rings. The third-order valence-electron chi connectivity index (χ3n) is 9.07. The summed E-state index contributed by atoms with van der Waals surface area (Å²) in [5, 5.41) is 14.3. The third-order valence-corrected chi connectivity index (χ3v) is 9.07. The van der Waals surface area contributed by atoms with E-state index in [9.17, 15) is 9.90 Å². The molecule has 3 aromatic rings. The zero-order valence-corrected chi connectivity index (χ0v) is 23.0. The molecule has 2 atom stereocenters. The van der Waals surface area contributed by atoms with Crippen molar-refractivity contribution in [3.8, 4) is 17.0 Å². The maximum Gasteiger partial charge on any atom is 0.322 e. The lowest BCUT2D eigenvalue weighted by Gasteiger charge is -2.58. The van der Waals surface area contributed by atoms with Gasteiger partial charge in [-0.15, -0.1) is 0 Å². The van der Waals surface area contributed by atoms with Crippen LogP contribution >= 0.6 is 0 Å². The molecule has 40 heavy (non-hydrogen) atoms. The highest BCUT2D eigenvalue weighted by atomic mass is 16.5. The van der Waals surface area contributed by atoms with Gasteiger partial charge in [-0.3, -0.25) is 9.88 Å². The van der Waals surface area contributed by atoms with Gasteiger partial charge in [0.25, 0.3) is 0 Å². The Bertz CT molecular complexity index is 1380. The fourth-order valence-corrected chi connectivity index (χ4v) is 7.70. The summed E-state index contributed by atoms with van der Waals surface area (Å²) in [6.07, 6.45) is 10.2. The van der Waals surface area contributed by atoms with E-state index in [1.165, 1.54) is 0 Å². The molecular weight excluding hydrogens is 504 g/mol. The molecule has 4 saturated carbocycles. The van der Waals surface area contributed by atoms with Gasteiger partial charge in [0.15, 0.2) is 0 Å². The maximum absolute atomic E-state index is 13.6. The van der Waals surface area contributed by atoms with E-state index < -0.39 is 5.60 Å². The van der Waals surface area contributed by atoms with Crippen molar-refractivity contribution in [1.82, 2.24) is 20.3 Å². The predicted molar refractivity (Wildman–Crippen MR) is 153 cm³/mol. The van der Waals surface area contributed by atoms with Gasteiger partial charge in [0.2, 0.25) is 5.95 Å². The molecule has 1 aromatic carbocycles. The van der Waals surface area contributed by atoms with Crippen molar-refractivity contribution in [1.29, 1.82) is 0 Å². The highest BCUT2D eigenvalue weighted by molar-refractivity contribution is 5.97. The molecule has 4 bridgehead atoms. The average Bonchev–Trinajstić information content (AvgIpc) is 2.94. The van der Waals surface area contributed by atoms with Gasteiger partial charge in [-0.25, -0.2) is 14.8 Å². The van der Waals surface area contributed by atoms with Gasteiger partial charge < -0.3 is 20.1 Å². The Hall–Kier alpha value is -3.72. The summed E-state index contributed by atoms with van der Waals surface area (Å²) in [5.74, 6) is 2.68. The average molecular weight is 541 g/mol. The maximum atomic E-state index is 13.6. The second-order valence-electron chi connectivity index (χ2n) is 12.3. The van der Waals surface area contributed by atoms with E-state index in [1.807, 2.05) is 55.1 Å². The minimum absolute atomic E-state index is 0.0520. The molecule has 0 radical (unpaired) electrons. The van der Waals surface area contributed by atoms with Crippen molar-refractivity contribution in [3.05, 3.63) is 55.0 Å². The van der Waals surface area contributed by atoms with Crippen LogP contribution < -0.4 is 19.9 Å². The summed E-state index contributed by atoms with van der Waals surface area (Å²) in [6, 6.07) is 11.8. The second-order valence-corrected chi connectivity index (χ2v) is 12.3. The number of urea groups is 1. The van der Waals surface area contributed by atoms with E-state index in [1.54, 1.807) is 18.6 Å². The molecule has 8 rings (SSSR count). The van der Waals surface area contributed by atoms with Crippen LogP contribution in [0.25, 0.3) is 11.3 Å². The van der Waals surface area contributed by atoms with Crippen LogP contribution in [0.2, 0.25) is 0 Å². The highest BCUT2D eigenvalue weighted by Gasteiger charge is 2.55. The highest BCUT2D eigenvalue weighted by Crippen LogP contribution is 2.55. The molecule has 208 valence electrons. The Labute approximate surface area is 234 Å². The van der Waals surface area contributed by atoms with Crippen molar-refractivity contribution in [2.24, 2.45) is 17.8 Å². The fourth-order valence-electron chi connectivity index (χ4n) is 7.70. The Kier molecular flexibility index (Phi) is 6.14. The molecule has 1 aliphatic heterocycles. The minimum atomic E-state index is -0.507. The lowest BCUT2D eigenvalue weighted by molar-refractivity contribution is -0.136. The number of fused-ring (bicyclic) bond motifs is 1. The zero-order valence-electron chi connectivity index (χ0n) is 23.0. The smallest absolute Gasteiger partial charge is 0.322 e. The molecule has 2 amide bonds. The van der Waals surface area contributed by atoms with Crippen molar-refractivity contribution >= 4 is 23.4 Å². The first-order chi connectivity index (χ1) is 19.3. The van der Waals surface area contributed by atoms with E-state index in [2.05, 4.69) is 25.2 Å². The lowest BCUT2D eigenvalue weighted by atomic mass is 9.52. The van der Waals surface area contributed by atoms with Crippen LogP contribution in [0.3, 0.4) is 0 Å². The Morgan fingerprint density at radius 1 is 0.975 bits per heavy atom.